The van der Waals surface area contributed by atoms with Crippen molar-refractivity contribution in [2.45, 2.75) is 13.5 Å². The van der Waals surface area contributed by atoms with E-state index in [0.29, 0.717) is 12.4 Å². The Bertz CT molecular complexity index is 812. The van der Waals surface area contributed by atoms with Crippen molar-refractivity contribution in [3.05, 3.63) is 64.1 Å². The predicted octanol–water partition coefficient (Wildman–Crippen LogP) is 2.56. The molecule has 3 aromatic rings. The van der Waals surface area contributed by atoms with E-state index in [2.05, 4.69) is 15.4 Å². The molecule has 2 aromatic heterocycles. The number of benzene rings is 1. The van der Waals surface area contributed by atoms with Crippen molar-refractivity contribution in [1.82, 2.24) is 14.6 Å². The van der Waals surface area contributed by atoms with Crippen LogP contribution in [0.4, 0.5) is 11.5 Å². The van der Waals surface area contributed by atoms with Crippen molar-refractivity contribution >= 4 is 17.0 Å². The molecule has 7 nitrogen and oxygen atoms in total. The van der Waals surface area contributed by atoms with Crippen LogP contribution >= 0.6 is 0 Å². The van der Waals surface area contributed by atoms with Crippen LogP contribution in [-0.2, 0) is 6.54 Å². The van der Waals surface area contributed by atoms with Crippen LogP contribution < -0.4 is 5.32 Å². The normalized spacial score (nSPS) is 10.7. The van der Waals surface area contributed by atoms with Gasteiger partial charge in [-0.2, -0.15) is 5.10 Å². The number of aryl methyl sites for hydroxylation is 1. The Hall–Kier alpha value is -2.96. The Labute approximate surface area is 120 Å². The molecule has 0 spiro atoms. The summed E-state index contributed by atoms with van der Waals surface area (Å²) in [6, 6.07) is 8.47. The van der Waals surface area contributed by atoms with E-state index >= 15 is 0 Å². The van der Waals surface area contributed by atoms with Crippen molar-refractivity contribution in [2.75, 3.05) is 5.32 Å². The van der Waals surface area contributed by atoms with E-state index in [9.17, 15) is 10.1 Å². The lowest BCUT2D eigenvalue weighted by Crippen LogP contribution is -2.03. The van der Waals surface area contributed by atoms with Gasteiger partial charge in [-0.05, 0) is 18.6 Å². The number of aromatic nitrogens is 3. The van der Waals surface area contributed by atoms with E-state index in [-0.39, 0.29) is 5.69 Å². The molecule has 0 fully saturated rings. The fourth-order valence-electron chi connectivity index (χ4n) is 2.15. The molecule has 0 saturated heterocycles. The van der Waals surface area contributed by atoms with Gasteiger partial charge in [-0.3, -0.25) is 10.1 Å². The monoisotopic (exact) mass is 283 g/mol. The highest BCUT2D eigenvalue weighted by Crippen LogP contribution is 2.17. The molecule has 0 amide bonds. The summed E-state index contributed by atoms with van der Waals surface area (Å²) >= 11 is 0. The van der Waals surface area contributed by atoms with Crippen LogP contribution in [0.1, 0.15) is 11.3 Å². The first kappa shape index (κ1) is 13.0. The second-order valence-electron chi connectivity index (χ2n) is 4.67. The molecule has 0 saturated carbocycles. The number of nitrogens with one attached hydrogen (secondary N) is 1. The maximum atomic E-state index is 10.8. The Morgan fingerprint density at radius 2 is 2.24 bits per heavy atom. The Balaban J connectivity index is 1.83. The number of anilines is 1. The summed E-state index contributed by atoms with van der Waals surface area (Å²) in [5, 5.41) is 18.3. The third-order valence-electron chi connectivity index (χ3n) is 3.09. The topological polar surface area (TPSA) is 85.4 Å². The lowest BCUT2D eigenvalue weighted by atomic mass is 10.2. The van der Waals surface area contributed by atoms with Crippen molar-refractivity contribution < 1.29 is 4.92 Å². The summed E-state index contributed by atoms with van der Waals surface area (Å²) in [6.45, 7) is 2.37. The molecule has 2 heterocycles. The number of hydrogen-bond donors (Lipinski definition) is 1. The van der Waals surface area contributed by atoms with Gasteiger partial charge in [0.1, 0.15) is 5.52 Å². The highest BCUT2D eigenvalue weighted by atomic mass is 16.6. The molecule has 0 aliphatic carbocycles. The smallest absolute Gasteiger partial charge is 0.269 e. The molecule has 21 heavy (non-hydrogen) atoms. The third-order valence-corrected chi connectivity index (χ3v) is 3.09. The van der Waals surface area contributed by atoms with E-state index in [1.807, 2.05) is 19.1 Å². The van der Waals surface area contributed by atoms with E-state index in [1.165, 1.54) is 6.07 Å². The van der Waals surface area contributed by atoms with Gasteiger partial charge in [-0.1, -0.05) is 12.1 Å². The molecule has 0 unspecified atom stereocenters. The number of nitrogens with zero attached hydrogens (tertiary/aromatic N) is 4. The van der Waals surface area contributed by atoms with Gasteiger partial charge in [0.05, 0.1) is 10.6 Å². The quantitative estimate of drug-likeness (QED) is 0.587. The average Bonchev–Trinajstić information content (AvgIpc) is 2.86. The van der Waals surface area contributed by atoms with Crippen LogP contribution in [0.3, 0.4) is 0 Å². The number of hydrogen-bond acceptors (Lipinski definition) is 5. The van der Waals surface area contributed by atoms with Gasteiger partial charge in [-0.25, -0.2) is 9.50 Å². The van der Waals surface area contributed by atoms with Crippen molar-refractivity contribution in [2.24, 2.45) is 0 Å². The molecule has 106 valence electrons. The van der Waals surface area contributed by atoms with Crippen molar-refractivity contribution in [3.8, 4) is 0 Å². The molecule has 0 atom stereocenters. The lowest BCUT2D eigenvalue weighted by Gasteiger charge is -2.06. The minimum atomic E-state index is -0.400. The average molecular weight is 283 g/mol. The van der Waals surface area contributed by atoms with Crippen LogP contribution in [0.5, 0.6) is 0 Å². The van der Waals surface area contributed by atoms with Crippen LogP contribution in [-0.4, -0.2) is 19.5 Å². The number of rotatable bonds is 4. The Morgan fingerprint density at radius 3 is 3.05 bits per heavy atom. The molecule has 1 aromatic carbocycles. The standard InChI is InChI=1S/C14H13N5O2/c1-10-7-13-14(15-5-6-18(13)17-10)16-9-11-3-2-4-12(8-11)19(20)21/h2-8H,9H2,1H3,(H,15,16). The van der Waals surface area contributed by atoms with Gasteiger partial charge in [0.15, 0.2) is 5.82 Å². The Kier molecular flexibility index (Phi) is 3.23. The van der Waals surface area contributed by atoms with Gasteiger partial charge in [0.2, 0.25) is 0 Å². The van der Waals surface area contributed by atoms with Gasteiger partial charge >= 0.3 is 0 Å². The first-order chi connectivity index (χ1) is 10.1. The minimum absolute atomic E-state index is 0.0839. The highest BCUT2D eigenvalue weighted by Gasteiger charge is 2.07. The SMILES string of the molecule is Cc1cc2c(NCc3cccc([N+](=O)[O-])c3)nccn2n1. The van der Waals surface area contributed by atoms with Crippen LogP contribution in [0, 0.1) is 17.0 Å². The van der Waals surface area contributed by atoms with Crippen molar-refractivity contribution in [3.63, 3.8) is 0 Å². The number of nitro benzene ring substituents is 1. The first-order valence-corrected chi connectivity index (χ1v) is 6.42. The molecular weight excluding hydrogens is 270 g/mol. The molecule has 1 N–H and O–H groups in total. The molecule has 0 aliphatic rings. The second kappa shape index (κ2) is 5.20. The van der Waals surface area contributed by atoms with Crippen LogP contribution in [0.25, 0.3) is 5.52 Å². The molecule has 7 heteroatoms. The first-order valence-electron chi connectivity index (χ1n) is 6.42. The van der Waals surface area contributed by atoms with Gasteiger partial charge in [-0.15, -0.1) is 0 Å². The molecule has 3 rings (SSSR count). The van der Waals surface area contributed by atoms with Gasteiger partial charge in [0.25, 0.3) is 5.69 Å². The maximum Gasteiger partial charge on any atom is 0.269 e. The predicted molar refractivity (Wildman–Crippen MR) is 78.1 cm³/mol. The molecule has 0 radical (unpaired) electrons. The minimum Gasteiger partial charge on any atom is -0.364 e. The third kappa shape index (κ3) is 2.66. The molecule has 0 bridgehead atoms. The second-order valence-corrected chi connectivity index (χ2v) is 4.67. The van der Waals surface area contributed by atoms with Gasteiger partial charge < -0.3 is 5.32 Å². The summed E-state index contributed by atoms with van der Waals surface area (Å²) < 4.78 is 1.75. The number of fused-ring (bicyclic) bond motifs is 1. The fourth-order valence-corrected chi connectivity index (χ4v) is 2.15. The summed E-state index contributed by atoms with van der Waals surface area (Å²) in [4.78, 5) is 14.7. The number of nitro groups is 1. The lowest BCUT2D eigenvalue weighted by molar-refractivity contribution is -0.384. The zero-order valence-electron chi connectivity index (χ0n) is 11.4. The fraction of sp³-hybridized carbons (Fsp3) is 0.143. The van der Waals surface area contributed by atoms with Crippen molar-refractivity contribution in [1.29, 1.82) is 0 Å². The summed E-state index contributed by atoms with van der Waals surface area (Å²) in [7, 11) is 0. The maximum absolute atomic E-state index is 10.8. The zero-order chi connectivity index (χ0) is 14.8. The Morgan fingerprint density at radius 1 is 1.38 bits per heavy atom. The van der Waals surface area contributed by atoms with Gasteiger partial charge in [0, 0.05) is 31.1 Å². The van der Waals surface area contributed by atoms with Crippen LogP contribution in [0.15, 0.2) is 42.7 Å². The zero-order valence-corrected chi connectivity index (χ0v) is 11.4. The highest BCUT2D eigenvalue weighted by molar-refractivity contribution is 5.67. The molecular formula is C14H13N5O2. The largest absolute Gasteiger partial charge is 0.364 e. The molecule has 0 aliphatic heterocycles. The van der Waals surface area contributed by atoms with E-state index in [4.69, 9.17) is 0 Å². The summed E-state index contributed by atoms with van der Waals surface area (Å²) in [5.74, 6) is 0.699. The van der Waals surface area contributed by atoms with E-state index < -0.39 is 4.92 Å². The van der Waals surface area contributed by atoms with E-state index in [0.717, 1.165) is 16.8 Å². The summed E-state index contributed by atoms with van der Waals surface area (Å²) in [5.41, 5.74) is 2.69. The van der Waals surface area contributed by atoms with Crippen LogP contribution in [0.2, 0.25) is 0 Å². The number of non-ortho nitro benzene ring substituents is 1. The van der Waals surface area contributed by atoms with E-state index in [1.54, 1.807) is 29.0 Å². The summed E-state index contributed by atoms with van der Waals surface area (Å²) in [6.07, 6.45) is 3.44.